The maximum absolute atomic E-state index is 12.1. The number of aryl methyl sites for hydroxylation is 1. The topological polar surface area (TPSA) is 187 Å². The fraction of sp³-hybridized carbons (Fsp3) is 0.500. The zero-order valence-electron chi connectivity index (χ0n) is 19.5. The molecule has 12 heteroatoms. The number of nitrogens with two attached hydrogens (primary N) is 2. The van der Waals surface area contributed by atoms with Gasteiger partial charge in [0.15, 0.2) is 17.3 Å². The predicted molar refractivity (Wildman–Crippen MR) is 133 cm³/mol. The van der Waals surface area contributed by atoms with Gasteiger partial charge in [0, 0.05) is 57.7 Å². The van der Waals surface area contributed by atoms with Gasteiger partial charge in [-0.15, -0.1) is 6.54 Å². The van der Waals surface area contributed by atoms with Crippen molar-refractivity contribution in [2.24, 2.45) is 11.6 Å². The van der Waals surface area contributed by atoms with E-state index < -0.39 is 5.91 Å². The second kappa shape index (κ2) is 18.6. The smallest absolute Gasteiger partial charge is 0.271 e. The van der Waals surface area contributed by atoms with Crippen LogP contribution >= 0.6 is 0 Å². The number of nitrogens with zero attached hydrogens (tertiary/aromatic N) is 3. The first-order valence-electron chi connectivity index (χ1n) is 10.4. The summed E-state index contributed by atoms with van der Waals surface area (Å²) in [5.74, 6) is 5.19. The molecule has 34 heavy (non-hydrogen) atoms. The van der Waals surface area contributed by atoms with E-state index in [0.717, 1.165) is 18.4 Å². The van der Waals surface area contributed by atoms with Gasteiger partial charge in [-0.05, 0) is 44.8 Å². The van der Waals surface area contributed by atoms with Crippen LogP contribution in [0, 0.1) is 0 Å². The minimum absolute atomic E-state index is 0. The number of primary amides is 1. The summed E-state index contributed by atoms with van der Waals surface area (Å²) in [5.41, 5.74) is 11.6. The van der Waals surface area contributed by atoms with Gasteiger partial charge in [-0.1, -0.05) is 32.6 Å². The molecular formula is C22H39N8O3Y-. The SMILES string of the molecule is C.C=C/C(=C\C(=C/C)CC[N-]ON)Nc1nc(NC2CCOCC2)c(CC)nc1C(N)=O.N.[Y]. The van der Waals surface area contributed by atoms with Crippen molar-refractivity contribution in [1.29, 1.82) is 0 Å². The second-order valence-corrected chi connectivity index (χ2v) is 6.97. The van der Waals surface area contributed by atoms with E-state index in [9.17, 15) is 4.79 Å². The maximum atomic E-state index is 12.1. The van der Waals surface area contributed by atoms with E-state index in [1.54, 1.807) is 6.08 Å². The van der Waals surface area contributed by atoms with E-state index in [0.29, 0.717) is 49.8 Å². The minimum atomic E-state index is -0.657. The van der Waals surface area contributed by atoms with Crippen molar-refractivity contribution in [1.82, 2.24) is 16.1 Å². The number of anilines is 2. The molecule has 189 valence electrons. The number of hydrogen-bond donors (Lipinski definition) is 5. The Kier molecular flexibility index (Phi) is 18.8. The molecule has 1 saturated heterocycles. The van der Waals surface area contributed by atoms with Crippen LogP contribution in [-0.2, 0) is 48.8 Å². The Balaban J connectivity index is 0. The molecule has 0 aromatic carbocycles. The van der Waals surface area contributed by atoms with E-state index in [1.807, 2.05) is 26.0 Å². The Morgan fingerprint density at radius 3 is 2.53 bits per heavy atom. The molecule has 0 aliphatic carbocycles. The maximum Gasteiger partial charge on any atom is 0.271 e. The number of aromatic nitrogens is 2. The fourth-order valence-electron chi connectivity index (χ4n) is 3.14. The van der Waals surface area contributed by atoms with Crippen LogP contribution in [0.3, 0.4) is 0 Å². The number of carbonyl (C=O) groups is 1. The van der Waals surface area contributed by atoms with Gasteiger partial charge in [-0.25, -0.2) is 15.9 Å². The van der Waals surface area contributed by atoms with E-state index in [2.05, 4.69) is 37.6 Å². The Morgan fingerprint density at radius 1 is 1.32 bits per heavy atom. The number of carbonyl (C=O) groups excluding carboxylic acids is 1. The molecule has 1 aliphatic rings. The van der Waals surface area contributed by atoms with Gasteiger partial charge in [0.05, 0.1) is 5.69 Å². The number of rotatable bonds is 12. The first-order chi connectivity index (χ1) is 15.0. The van der Waals surface area contributed by atoms with E-state index in [4.69, 9.17) is 16.4 Å². The summed E-state index contributed by atoms with van der Waals surface area (Å²) in [6, 6.07) is 0.234. The number of amides is 1. The molecule has 1 radical (unpaired) electrons. The third-order valence-corrected chi connectivity index (χ3v) is 4.86. The molecule has 0 atom stereocenters. The van der Waals surface area contributed by atoms with Gasteiger partial charge in [0.1, 0.15) is 0 Å². The van der Waals surface area contributed by atoms with Gasteiger partial charge in [0.2, 0.25) is 0 Å². The average molecular weight is 553 g/mol. The molecule has 9 N–H and O–H groups in total. The zero-order chi connectivity index (χ0) is 22.6. The predicted octanol–water partition coefficient (Wildman–Crippen LogP) is 3.52. The Labute approximate surface area is 228 Å². The van der Waals surface area contributed by atoms with Crippen LogP contribution in [-0.4, -0.2) is 41.7 Å². The number of allylic oxidation sites excluding steroid dienone is 3. The fourth-order valence-corrected chi connectivity index (χ4v) is 3.14. The van der Waals surface area contributed by atoms with Gasteiger partial charge in [-0.3, -0.25) is 4.79 Å². The summed E-state index contributed by atoms with van der Waals surface area (Å²) in [6.07, 6.45) is 8.44. The number of hydroxylamine groups is 1. The van der Waals surface area contributed by atoms with Crippen molar-refractivity contribution in [3.8, 4) is 0 Å². The Hall–Kier alpha value is -1.73. The van der Waals surface area contributed by atoms with E-state index in [1.165, 1.54) is 0 Å². The monoisotopic (exact) mass is 552 g/mol. The van der Waals surface area contributed by atoms with Crippen molar-refractivity contribution in [3.63, 3.8) is 0 Å². The number of hydrogen-bond acceptors (Lipinski definition) is 9. The van der Waals surface area contributed by atoms with Gasteiger partial charge >= 0.3 is 0 Å². The molecule has 2 heterocycles. The van der Waals surface area contributed by atoms with Crippen molar-refractivity contribution in [2.75, 3.05) is 30.4 Å². The van der Waals surface area contributed by atoms with Crippen LogP contribution in [0.1, 0.15) is 56.7 Å². The molecule has 1 amide bonds. The van der Waals surface area contributed by atoms with E-state index >= 15 is 0 Å². The van der Waals surface area contributed by atoms with Crippen LogP contribution in [0.2, 0.25) is 0 Å². The molecular weight excluding hydrogens is 513 g/mol. The molecule has 1 aromatic heterocycles. The molecule has 1 aromatic rings. The summed E-state index contributed by atoms with van der Waals surface area (Å²) in [7, 11) is 0. The van der Waals surface area contributed by atoms with Crippen molar-refractivity contribution < 1.29 is 47.2 Å². The third-order valence-electron chi connectivity index (χ3n) is 4.86. The van der Waals surface area contributed by atoms with Gasteiger partial charge < -0.3 is 37.7 Å². The van der Waals surface area contributed by atoms with Crippen molar-refractivity contribution >= 4 is 17.5 Å². The second-order valence-electron chi connectivity index (χ2n) is 6.97. The molecule has 0 spiro atoms. The summed E-state index contributed by atoms with van der Waals surface area (Å²) >= 11 is 0. The van der Waals surface area contributed by atoms with Crippen LogP contribution in [0.15, 0.2) is 36.1 Å². The normalized spacial score (nSPS) is 14.2. The Morgan fingerprint density at radius 2 is 2.00 bits per heavy atom. The number of ether oxygens (including phenoxy) is 1. The first kappa shape index (κ1) is 34.4. The van der Waals surface area contributed by atoms with Crippen molar-refractivity contribution in [3.05, 3.63) is 52.9 Å². The summed E-state index contributed by atoms with van der Waals surface area (Å²) in [6.45, 7) is 9.53. The number of nitrogens with one attached hydrogen (secondary N) is 2. The molecule has 1 fully saturated rings. The van der Waals surface area contributed by atoms with Crippen LogP contribution in [0.25, 0.3) is 5.48 Å². The largest absolute Gasteiger partial charge is 0.513 e. The third kappa shape index (κ3) is 10.7. The van der Waals surface area contributed by atoms with E-state index in [-0.39, 0.29) is 63.8 Å². The quantitative estimate of drug-likeness (QED) is 0.147. The van der Waals surface area contributed by atoms with Crippen LogP contribution < -0.4 is 28.4 Å². The minimum Gasteiger partial charge on any atom is -0.513 e. The van der Waals surface area contributed by atoms with Crippen LogP contribution in [0.5, 0.6) is 0 Å². The summed E-state index contributed by atoms with van der Waals surface area (Å²) in [4.78, 5) is 25.5. The van der Waals surface area contributed by atoms with Crippen LogP contribution in [0.4, 0.5) is 11.6 Å². The molecule has 1 aliphatic heterocycles. The molecule has 0 unspecified atom stereocenters. The molecule has 0 bridgehead atoms. The van der Waals surface area contributed by atoms with Gasteiger partial charge in [-0.2, -0.15) is 0 Å². The van der Waals surface area contributed by atoms with Gasteiger partial charge in [0.25, 0.3) is 5.91 Å². The van der Waals surface area contributed by atoms with Crippen molar-refractivity contribution in [2.45, 2.75) is 53.0 Å². The Bertz CT molecular complexity index is 827. The summed E-state index contributed by atoms with van der Waals surface area (Å²) in [5, 5.41) is 6.58. The average Bonchev–Trinajstić information content (AvgIpc) is 2.78. The zero-order valence-corrected chi connectivity index (χ0v) is 22.3. The first-order valence-corrected chi connectivity index (χ1v) is 10.4. The standard InChI is InChI=1S/C21H32N7O3.CH4.H3N.Y/c1-4-14(7-10-24-31-23)13-15(5-2)25-21-18(19(22)29)27-17(6-3)20(28-21)26-16-8-11-30-12-9-16;;;/h4-5,13,16H,2,6-12,23H2,1,3H3,(H2,22,29)(H2,25,26,28);1H4;1H3;/q-1;;;/b14-4-,15-13+;;;. The molecule has 0 saturated carbocycles. The molecule has 11 nitrogen and oxygen atoms in total. The molecule has 2 rings (SSSR count). The summed E-state index contributed by atoms with van der Waals surface area (Å²) < 4.78 is 5.42.